The topological polar surface area (TPSA) is 17.8 Å². The normalized spacial score (nSPS) is 15.2. The van der Waals surface area contributed by atoms with Crippen LogP contribution in [0.1, 0.15) is 24.8 Å². The van der Waals surface area contributed by atoms with Gasteiger partial charge >= 0.3 is 0 Å². The van der Waals surface area contributed by atoms with Crippen LogP contribution in [-0.4, -0.2) is 9.55 Å². The predicted molar refractivity (Wildman–Crippen MR) is 89.6 cm³/mol. The summed E-state index contributed by atoms with van der Waals surface area (Å²) in [4.78, 5) is 0. The van der Waals surface area contributed by atoms with Crippen LogP contribution in [0.2, 0.25) is 0 Å². The second kappa shape index (κ2) is 6.07. The Morgan fingerprint density at radius 1 is 1.32 bits per heavy atom. The van der Waals surface area contributed by atoms with E-state index >= 15 is 0 Å². The number of nitrogens with zero attached hydrogens (tertiary/aromatic N) is 2. The van der Waals surface area contributed by atoms with Crippen molar-refractivity contribution in [2.45, 2.75) is 19.3 Å². The van der Waals surface area contributed by atoms with Gasteiger partial charge in [0.25, 0.3) is 0 Å². The summed E-state index contributed by atoms with van der Waals surface area (Å²) in [5.74, 6) is 7.29. The third-order valence-corrected chi connectivity index (χ3v) is 5.29. The third-order valence-electron chi connectivity index (χ3n) is 3.39. The molecule has 1 heterocycles. The maximum Gasteiger partial charge on any atom is 0.0677 e. The summed E-state index contributed by atoms with van der Waals surface area (Å²) >= 11 is 2.33. The molecule has 2 aromatic rings. The van der Waals surface area contributed by atoms with Crippen LogP contribution in [0.15, 0.2) is 36.7 Å². The van der Waals surface area contributed by atoms with Crippen molar-refractivity contribution in [3.63, 3.8) is 0 Å². The molecule has 19 heavy (non-hydrogen) atoms. The number of hydrogen-bond donors (Lipinski definition) is 0. The van der Waals surface area contributed by atoms with Crippen LogP contribution in [0.25, 0.3) is 11.1 Å². The van der Waals surface area contributed by atoms with E-state index in [9.17, 15) is 0 Å². The largest absolute Gasteiger partial charge is 0.245 e. The minimum Gasteiger partial charge on any atom is -0.245 e. The van der Waals surface area contributed by atoms with Crippen molar-refractivity contribution in [2.75, 3.05) is 0 Å². The zero-order valence-corrected chi connectivity index (χ0v) is 13.6. The summed E-state index contributed by atoms with van der Waals surface area (Å²) < 4.78 is 1.96. The molecule has 0 saturated heterocycles. The van der Waals surface area contributed by atoms with E-state index in [0.29, 0.717) is 12.3 Å². The van der Waals surface area contributed by atoms with Crippen LogP contribution in [0.4, 0.5) is 0 Å². The van der Waals surface area contributed by atoms with Gasteiger partial charge in [-0.2, -0.15) is 5.10 Å². The fraction of sp³-hybridized carbons (Fsp3) is 0.267. The molecule has 0 radical (unpaired) electrons. The first-order chi connectivity index (χ1) is 9.35. The Morgan fingerprint density at radius 2 is 2.21 bits per heavy atom. The number of aromatic nitrogens is 2. The lowest BCUT2D eigenvalue weighted by Crippen LogP contribution is -2.07. The lowest BCUT2D eigenvalue weighted by atomic mass is 9.86. The Bertz CT molecular complexity index is 635. The van der Waals surface area contributed by atoms with Crippen LogP contribution in [0.5, 0.6) is 0 Å². The molecule has 0 amide bonds. The highest BCUT2D eigenvalue weighted by molar-refractivity contribution is 14.2. The molecule has 1 fully saturated rings. The summed E-state index contributed by atoms with van der Waals surface area (Å²) in [5, 5.41) is 4.32. The molecule has 1 aromatic carbocycles. The minimum absolute atomic E-state index is 0.631. The van der Waals surface area contributed by atoms with Gasteiger partial charge in [-0.25, -0.2) is 4.45 Å². The third kappa shape index (κ3) is 3.19. The second-order valence-electron chi connectivity index (χ2n) is 4.74. The highest BCUT2D eigenvalue weighted by Crippen LogP contribution is 2.27. The lowest BCUT2D eigenvalue weighted by Gasteiger charge is -2.18. The fourth-order valence-electron chi connectivity index (χ4n) is 2.03. The molecule has 0 aliphatic heterocycles. The first kappa shape index (κ1) is 13.1. The second-order valence-corrected chi connectivity index (χ2v) is 6.81. The Kier molecular flexibility index (Phi) is 4.20. The molecule has 4 heteroatoms. The molecule has 96 valence electrons. The first-order valence-corrected chi connectivity index (χ1v) is 10.4. The lowest BCUT2D eigenvalue weighted by molar-refractivity contribution is 0.401. The van der Waals surface area contributed by atoms with E-state index in [1.807, 2.05) is 10.6 Å². The maximum atomic E-state index is 4.32. The summed E-state index contributed by atoms with van der Waals surface area (Å²) in [6.07, 6.45) is 8.54. The number of benzene rings is 1. The van der Waals surface area contributed by atoms with Crippen molar-refractivity contribution in [2.24, 2.45) is 5.92 Å². The van der Waals surface area contributed by atoms with Gasteiger partial charge in [0.15, 0.2) is 0 Å². The monoisotopic (exact) mass is 380 g/mol. The average Bonchev–Trinajstić information content (AvgIpc) is 2.86. The van der Waals surface area contributed by atoms with Crippen molar-refractivity contribution in [3.8, 4) is 23.0 Å². The Morgan fingerprint density at radius 3 is 2.89 bits per heavy atom. The highest BCUT2D eigenvalue weighted by Gasteiger charge is 2.13. The minimum atomic E-state index is 0.631. The molecule has 1 aliphatic carbocycles. The number of hydrogen-bond acceptors (Lipinski definition) is 1. The van der Waals surface area contributed by atoms with E-state index in [0.717, 1.165) is 11.1 Å². The summed E-state index contributed by atoms with van der Waals surface area (Å²) in [5.41, 5.74) is 3.46. The van der Waals surface area contributed by atoms with Crippen molar-refractivity contribution in [3.05, 3.63) is 42.2 Å². The van der Waals surface area contributed by atoms with Crippen LogP contribution >= 0.6 is 28.4 Å². The zero-order chi connectivity index (χ0) is 13.1. The van der Waals surface area contributed by atoms with Gasteiger partial charge in [0.1, 0.15) is 0 Å². The van der Waals surface area contributed by atoms with Crippen LogP contribution in [0, 0.1) is 17.8 Å². The van der Waals surface area contributed by atoms with E-state index in [-0.39, 0.29) is 0 Å². The van der Waals surface area contributed by atoms with E-state index in [1.54, 1.807) is 0 Å². The summed E-state index contributed by atoms with van der Waals surface area (Å²) in [7, 11) is 0. The molecule has 1 aliphatic rings. The average molecular weight is 380 g/mol. The SMILES string of the molecule is IPn1cc(-c2cccc(C#CC3CCC3)c2)cn1. The molecule has 1 aromatic heterocycles. The van der Waals surface area contributed by atoms with Gasteiger partial charge in [-0.3, -0.25) is 0 Å². The van der Waals surface area contributed by atoms with E-state index in [4.69, 9.17) is 0 Å². The molecular weight excluding hydrogens is 366 g/mol. The Labute approximate surface area is 128 Å². The Hall–Kier alpha value is -0.850. The van der Waals surface area contributed by atoms with E-state index < -0.39 is 0 Å². The van der Waals surface area contributed by atoms with Crippen molar-refractivity contribution in [1.82, 2.24) is 9.55 Å². The molecular formula is C15H14IN2P. The summed E-state index contributed by atoms with van der Waals surface area (Å²) in [6.45, 7) is 0. The van der Waals surface area contributed by atoms with Gasteiger partial charge in [0.05, 0.1) is 12.6 Å². The van der Waals surface area contributed by atoms with Crippen molar-refractivity contribution >= 4 is 28.4 Å². The van der Waals surface area contributed by atoms with Gasteiger partial charge in [0.2, 0.25) is 0 Å². The van der Waals surface area contributed by atoms with Gasteiger partial charge in [-0.15, -0.1) is 0 Å². The van der Waals surface area contributed by atoms with Crippen LogP contribution in [-0.2, 0) is 0 Å². The maximum absolute atomic E-state index is 4.32. The van der Waals surface area contributed by atoms with Crippen LogP contribution < -0.4 is 0 Å². The van der Waals surface area contributed by atoms with Gasteiger partial charge < -0.3 is 0 Å². The first-order valence-electron chi connectivity index (χ1n) is 6.38. The molecule has 3 rings (SSSR count). The highest BCUT2D eigenvalue weighted by atomic mass is 127. The van der Waals surface area contributed by atoms with E-state index in [2.05, 4.69) is 69.4 Å². The predicted octanol–water partition coefficient (Wildman–Crippen LogP) is 4.49. The van der Waals surface area contributed by atoms with E-state index in [1.165, 1.54) is 24.8 Å². The molecule has 0 bridgehead atoms. The molecule has 0 spiro atoms. The summed E-state index contributed by atoms with van der Waals surface area (Å²) in [6, 6.07) is 8.43. The van der Waals surface area contributed by atoms with Crippen molar-refractivity contribution in [1.29, 1.82) is 0 Å². The fourth-order valence-corrected chi connectivity index (χ4v) is 3.11. The van der Waals surface area contributed by atoms with Gasteiger partial charge in [-0.1, -0.05) is 30.4 Å². The molecule has 1 unspecified atom stereocenters. The number of rotatable bonds is 2. The zero-order valence-electron chi connectivity index (χ0n) is 10.4. The molecule has 1 saturated carbocycles. The molecule has 0 N–H and O–H groups in total. The van der Waals surface area contributed by atoms with Gasteiger partial charge in [0, 0.05) is 23.2 Å². The quantitative estimate of drug-likeness (QED) is 0.427. The number of halogens is 1. The molecule has 2 nitrogen and oxygen atoms in total. The van der Waals surface area contributed by atoms with Gasteiger partial charge in [-0.05, 0) is 52.6 Å². The van der Waals surface area contributed by atoms with Crippen LogP contribution in [0.3, 0.4) is 0 Å². The standard InChI is InChI=1S/C15H14IN2P/c16-19-18-11-15(10-17-18)14-6-2-5-13(9-14)8-7-12-3-1-4-12/h2,5-6,9-12,19H,1,3-4H2. The van der Waals surface area contributed by atoms with Crippen molar-refractivity contribution < 1.29 is 0 Å². The smallest absolute Gasteiger partial charge is 0.0677 e. The molecule has 1 atom stereocenters. The Balaban J connectivity index is 1.83.